The lowest BCUT2D eigenvalue weighted by molar-refractivity contribution is -0.192. The molecule has 27 heavy (non-hydrogen) atoms. The van der Waals surface area contributed by atoms with Gasteiger partial charge in [-0.25, -0.2) is 9.79 Å². The average molecular weight is 387 g/mol. The number of halogens is 3. The molecule has 3 N–H and O–H groups in total. The van der Waals surface area contributed by atoms with E-state index in [0.29, 0.717) is 18.4 Å². The third kappa shape index (κ3) is 5.45. The van der Waals surface area contributed by atoms with Crippen LogP contribution in [-0.4, -0.2) is 40.6 Å². The minimum absolute atomic E-state index is 0.0203. The Bertz CT molecular complexity index is 688. The van der Waals surface area contributed by atoms with Gasteiger partial charge in [-0.1, -0.05) is 57.0 Å². The van der Waals surface area contributed by atoms with Crippen molar-refractivity contribution in [3.8, 4) is 0 Å². The highest BCUT2D eigenvalue weighted by atomic mass is 19.4. The summed E-state index contributed by atoms with van der Waals surface area (Å²) in [7, 11) is 0. The number of nitrogens with two attached hydrogens (primary N) is 1. The third-order valence-corrected chi connectivity index (χ3v) is 4.45. The second-order valence-corrected chi connectivity index (χ2v) is 6.31. The smallest absolute Gasteiger partial charge is 0.475 e. The number of guanidine groups is 1. The van der Waals surface area contributed by atoms with E-state index in [1.165, 1.54) is 0 Å². The number of carboxylic acids is 1. The van der Waals surface area contributed by atoms with Gasteiger partial charge in [-0.15, -0.1) is 0 Å². The first-order valence-corrected chi connectivity index (χ1v) is 8.50. The van der Waals surface area contributed by atoms with Gasteiger partial charge < -0.3 is 10.8 Å². The fourth-order valence-electron chi connectivity index (χ4n) is 2.64. The maximum Gasteiger partial charge on any atom is 0.490 e. The van der Waals surface area contributed by atoms with Crippen molar-refractivity contribution in [2.45, 2.75) is 45.3 Å². The van der Waals surface area contributed by atoms with Crippen LogP contribution in [0.5, 0.6) is 0 Å². The van der Waals surface area contributed by atoms with Gasteiger partial charge in [-0.05, 0) is 18.4 Å². The topological polar surface area (TPSA) is 96.0 Å². The van der Waals surface area contributed by atoms with Crippen molar-refractivity contribution in [2.24, 2.45) is 16.6 Å². The van der Waals surface area contributed by atoms with Gasteiger partial charge >= 0.3 is 12.1 Å². The number of amides is 1. The molecule has 0 aromatic heterocycles. The molecule has 9 heteroatoms. The number of carboxylic acid groups (broad SMARTS) is 1. The Morgan fingerprint density at radius 2 is 1.74 bits per heavy atom. The summed E-state index contributed by atoms with van der Waals surface area (Å²) in [4.78, 5) is 27.7. The average Bonchev–Trinajstić information content (AvgIpc) is 2.83. The minimum atomic E-state index is -5.08. The number of alkyl halides is 3. The first-order valence-electron chi connectivity index (χ1n) is 8.50. The van der Waals surface area contributed by atoms with Gasteiger partial charge in [0.1, 0.15) is 0 Å². The van der Waals surface area contributed by atoms with Gasteiger partial charge in [-0.2, -0.15) is 13.2 Å². The molecular weight excluding hydrogens is 363 g/mol. The number of carbonyl (C=O) groups is 2. The predicted molar refractivity (Wildman–Crippen MR) is 94.9 cm³/mol. The van der Waals surface area contributed by atoms with Gasteiger partial charge in [0.15, 0.2) is 11.5 Å². The molecule has 0 saturated heterocycles. The van der Waals surface area contributed by atoms with Gasteiger partial charge in [-0.3, -0.25) is 9.69 Å². The molecule has 0 bridgehead atoms. The number of hydrogen-bond acceptors (Lipinski definition) is 4. The summed E-state index contributed by atoms with van der Waals surface area (Å²) in [6.07, 6.45) is -3.01. The van der Waals surface area contributed by atoms with E-state index in [2.05, 4.69) is 18.8 Å². The third-order valence-electron chi connectivity index (χ3n) is 4.45. The van der Waals surface area contributed by atoms with E-state index in [9.17, 15) is 18.0 Å². The molecule has 0 saturated carbocycles. The quantitative estimate of drug-likeness (QED) is 0.811. The van der Waals surface area contributed by atoms with Crippen molar-refractivity contribution < 1.29 is 27.9 Å². The second-order valence-electron chi connectivity index (χ2n) is 6.31. The molecule has 0 aliphatic carbocycles. The largest absolute Gasteiger partial charge is 0.490 e. The van der Waals surface area contributed by atoms with Crippen LogP contribution in [0.15, 0.2) is 35.3 Å². The first kappa shape index (κ1) is 22.5. The molecular formula is C18H24F3N3O3. The normalized spacial score (nSPS) is 19.6. The van der Waals surface area contributed by atoms with Crippen molar-refractivity contribution in [1.82, 2.24) is 4.90 Å². The lowest BCUT2D eigenvalue weighted by atomic mass is 9.92. The zero-order valence-corrected chi connectivity index (χ0v) is 15.5. The van der Waals surface area contributed by atoms with Gasteiger partial charge in [0, 0.05) is 6.54 Å². The molecule has 1 aliphatic heterocycles. The predicted octanol–water partition coefficient (Wildman–Crippen LogP) is 3.13. The summed E-state index contributed by atoms with van der Waals surface area (Å²) in [6, 6.07) is 9.62. The van der Waals surface area contributed by atoms with Crippen molar-refractivity contribution >= 4 is 17.8 Å². The molecule has 150 valence electrons. The van der Waals surface area contributed by atoms with Crippen LogP contribution >= 0.6 is 0 Å². The molecule has 1 aromatic carbocycles. The maximum absolute atomic E-state index is 12.7. The van der Waals surface area contributed by atoms with E-state index in [1.807, 2.05) is 37.3 Å². The van der Waals surface area contributed by atoms with Crippen LogP contribution in [0, 0.1) is 5.92 Å². The van der Waals surface area contributed by atoms with Crippen LogP contribution in [0.2, 0.25) is 0 Å². The second kappa shape index (κ2) is 8.88. The fourth-order valence-corrected chi connectivity index (χ4v) is 2.64. The number of aliphatic carboxylic acids is 1. The molecule has 1 aromatic rings. The zero-order valence-electron chi connectivity index (χ0n) is 15.5. The van der Waals surface area contributed by atoms with Crippen molar-refractivity contribution in [3.05, 3.63) is 35.9 Å². The molecule has 1 aliphatic rings. The van der Waals surface area contributed by atoms with E-state index in [1.54, 1.807) is 4.90 Å². The highest BCUT2D eigenvalue weighted by molar-refractivity contribution is 6.06. The van der Waals surface area contributed by atoms with Gasteiger partial charge in [0.05, 0.1) is 0 Å². The monoisotopic (exact) mass is 387 g/mol. The summed E-state index contributed by atoms with van der Waals surface area (Å²) in [6.45, 7) is 6.77. The molecule has 1 heterocycles. The van der Waals surface area contributed by atoms with Crippen LogP contribution in [0.3, 0.4) is 0 Å². The van der Waals surface area contributed by atoms with Crippen molar-refractivity contribution in [2.75, 3.05) is 6.54 Å². The Balaban J connectivity index is 0.000000445. The highest BCUT2D eigenvalue weighted by Gasteiger charge is 2.45. The van der Waals surface area contributed by atoms with E-state index in [0.717, 1.165) is 18.4 Å². The summed E-state index contributed by atoms with van der Waals surface area (Å²) < 4.78 is 31.7. The van der Waals surface area contributed by atoms with Crippen molar-refractivity contribution in [1.29, 1.82) is 0 Å². The number of carbonyl (C=O) groups excluding carboxylic acids is 1. The fraction of sp³-hybridized carbons (Fsp3) is 0.500. The SMILES string of the molecule is CCC(CC)CN1C(=O)C(C)(c2ccccc2)N=C1N.O=C(O)C(F)(F)F. The Morgan fingerprint density at radius 1 is 1.26 bits per heavy atom. The van der Waals surface area contributed by atoms with Crippen LogP contribution in [0.1, 0.15) is 39.2 Å². The number of hydrogen-bond donors (Lipinski definition) is 2. The van der Waals surface area contributed by atoms with Crippen LogP contribution in [0.25, 0.3) is 0 Å². The number of aliphatic imine (C=N–C) groups is 1. The Labute approximate surface area is 155 Å². The van der Waals surface area contributed by atoms with Gasteiger partial charge in [0.25, 0.3) is 5.91 Å². The Morgan fingerprint density at radius 3 is 2.15 bits per heavy atom. The van der Waals surface area contributed by atoms with Crippen LogP contribution < -0.4 is 5.73 Å². The highest BCUT2D eigenvalue weighted by Crippen LogP contribution is 2.33. The van der Waals surface area contributed by atoms with E-state index >= 15 is 0 Å². The number of benzene rings is 1. The van der Waals surface area contributed by atoms with E-state index < -0.39 is 17.7 Å². The van der Waals surface area contributed by atoms with Crippen LogP contribution in [0.4, 0.5) is 13.2 Å². The van der Waals surface area contributed by atoms with E-state index in [4.69, 9.17) is 15.6 Å². The molecule has 0 fully saturated rings. The Hall–Kier alpha value is -2.58. The molecule has 0 radical (unpaired) electrons. The van der Waals surface area contributed by atoms with Gasteiger partial charge in [0.2, 0.25) is 0 Å². The molecule has 6 nitrogen and oxygen atoms in total. The van der Waals surface area contributed by atoms with E-state index in [-0.39, 0.29) is 5.91 Å². The summed E-state index contributed by atoms with van der Waals surface area (Å²) in [5, 5.41) is 7.12. The lowest BCUT2D eigenvalue weighted by Crippen LogP contribution is -2.44. The zero-order chi connectivity index (χ0) is 20.8. The van der Waals surface area contributed by atoms with Crippen molar-refractivity contribution in [3.63, 3.8) is 0 Å². The van der Waals surface area contributed by atoms with Crippen LogP contribution in [-0.2, 0) is 15.1 Å². The summed E-state index contributed by atoms with van der Waals surface area (Å²) in [5.74, 6) is -1.97. The Kier molecular flexibility index (Phi) is 7.38. The minimum Gasteiger partial charge on any atom is -0.475 e. The maximum atomic E-state index is 12.7. The lowest BCUT2D eigenvalue weighted by Gasteiger charge is -2.25. The summed E-state index contributed by atoms with van der Waals surface area (Å²) in [5.41, 5.74) is 6.01. The molecule has 1 unspecified atom stereocenters. The standard InChI is InChI=1S/C16H23N3O.C2HF3O2/c1-4-12(5-2)11-19-14(20)16(3,18-15(19)17)13-9-7-6-8-10-13;3-2(4,5)1(6)7/h6-10,12H,4-5,11H2,1-3H3,(H2,17,18);(H,6,7). The number of rotatable bonds is 5. The molecule has 1 atom stereocenters. The first-order chi connectivity index (χ1) is 12.5. The number of nitrogens with zero attached hydrogens (tertiary/aromatic N) is 2. The summed E-state index contributed by atoms with van der Waals surface area (Å²) >= 11 is 0. The molecule has 2 rings (SSSR count). The molecule has 1 amide bonds. The molecule has 0 spiro atoms.